The minimum Gasteiger partial charge on any atom is -0.400 e. The van der Waals surface area contributed by atoms with Crippen molar-refractivity contribution in [3.63, 3.8) is 0 Å². The molecule has 1 aliphatic rings. The van der Waals surface area contributed by atoms with Gasteiger partial charge < -0.3 is 5.11 Å². The van der Waals surface area contributed by atoms with Gasteiger partial charge in [0.1, 0.15) is 6.29 Å². The van der Waals surface area contributed by atoms with E-state index in [9.17, 15) is 13.6 Å². The molecule has 0 saturated heterocycles. The summed E-state index contributed by atoms with van der Waals surface area (Å²) in [6, 6.07) is 0. The second kappa shape index (κ2) is 4.18. The molecule has 0 bridgehead atoms. The van der Waals surface area contributed by atoms with Gasteiger partial charge in [-0.1, -0.05) is 0 Å². The number of carbonyl (C=O) groups is 1. The Morgan fingerprint density at radius 1 is 1.64 bits per heavy atom. The van der Waals surface area contributed by atoms with Crippen LogP contribution in [0.2, 0.25) is 0 Å². The third-order valence-electron chi connectivity index (χ3n) is 1.29. The van der Waals surface area contributed by atoms with Crippen LogP contribution in [0, 0.1) is 0 Å². The van der Waals surface area contributed by atoms with Gasteiger partial charge in [0.05, 0.1) is 0 Å². The normalized spacial score (nSPS) is 19.8. The monoisotopic (exact) mass is 164 g/mol. The van der Waals surface area contributed by atoms with Gasteiger partial charge in [0, 0.05) is 13.5 Å². The van der Waals surface area contributed by atoms with Crippen LogP contribution in [-0.2, 0) is 4.79 Å². The van der Waals surface area contributed by atoms with E-state index in [-0.39, 0.29) is 18.4 Å². The van der Waals surface area contributed by atoms with Gasteiger partial charge in [-0.2, -0.15) is 0 Å². The average Bonchev–Trinajstić information content (AvgIpc) is 2.34. The van der Waals surface area contributed by atoms with Crippen molar-refractivity contribution in [2.45, 2.75) is 18.8 Å². The fourth-order valence-corrected chi connectivity index (χ4v) is 0.820. The van der Waals surface area contributed by atoms with E-state index in [2.05, 4.69) is 0 Å². The van der Waals surface area contributed by atoms with Crippen LogP contribution in [-0.4, -0.2) is 24.4 Å². The van der Waals surface area contributed by atoms with E-state index in [0.29, 0.717) is 6.29 Å². The summed E-state index contributed by atoms with van der Waals surface area (Å²) in [4.78, 5) is 9.89. The zero-order valence-electron chi connectivity index (χ0n) is 6.18. The number of halogens is 2. The third-order valence-corrected chi connectivity index (χ3v) is 1.29. The molecule has 0 aromatic heterocycles. The van der Waals surface area contributed by atoms with Gasteiger partial charge in [0.25, 0.3) is 5.92 Å². The predicted molar refractivity (Wildman–Crippen MR) is 36.5 cm³/mol. The van der Waals surface area contributed by atoms with Crippen molar-refractivity contribution < 1.29 is 18.7 Å². The highest BCUT2D eigenvalue weighted by Gasteiger charge is 2.31. The Morgan fingerprint density at radius 3 is 2.36 bits per heavy atom. The van der Waals surface area contributed by atoms with Crippen molar-refractivity contribution in [3.05, 3.63) is 11.6 Å². The van der Waals surface area contributed by atoms with Gasteiger partial charge in [-0.15, -0.1) is 0 Å². The molecule has 1 rings (SSSR count). The topological polar surface area (TPSA) is 37.3 Å². The average molecular weight is 164 g/mol. The summed E-state index contributed by atoms with van der Waals surface area (Å²) < 4.78 is 24.3. The Labute approximate surface area is 63.5 Å². The quantitative estimate of drug-likeness (QED) is 0.590. The van der Waals surface area contributed by atoms with Crippen LogP contribution >= 0.6 is 0 Å². The molecule has 0 radical (unpaired) electrons. The number of aldehydes is 1. The summed E-state index contributed by atoms with van der Waals surface area (Å²) in [5, 5.41) is 7.00. The number of allylic oxidation sites excluding steroid dienone is 2. The Balaban J connectivity index is 0.000000461. The number of hydrogen-bond acceptors (Lipinski definition) is 2. The summed E-state index contributed by atoms with van der Waals surface area (Å²) >= 11 is 0. The highest BCUT2D eigenvalue weighted by atomic mass is 19.3. The van der Waals surface area contributed by atoms with Gasteiger partial charge in [-0.25, -0.2) is 8.78 Å². The lowest BCUT2D eigenvalue weighted by Gasteiger charge is -2.00. The van der Waals surface area contributed by atoms with E-state index in [1.165, 1.54) is 0 Å². The van der Waals surface area contributed by atoms with Gasteiger partial charge in [-0.3, -0.25) is 4.79 Å². The SMILES string of the molecule is CO.O=CC1=CC(F)(F)CC1. The molecule has 0 amide bonds. The standard InChI is InChI=1S/C6H6F2O.CH4O/c7-6(8)2-1-5(3-6)4-9;1-2/h3-4H,1-2H2;2H,1H3. The Kier molecular flexibility index (Phi) is 3.89. The number of carbonyl (C=O) groups excluding carboxylic acids is 1. The zero-order chi connectivity index (χ0) is 8.91. The largest absolute Gasteiger partial charge is 0.400 e. The molecule has 11 heavy (non-hydrogen) atoms. The number of aliphatic hydroxyl groups excluding tert-OH is 1. The van der Waals surface area contributed by atoms with E-state index in [0.717, 1.165) is 13.2 Å². The maximum atomic E-state index is 12.1. The minimum atomic E-state index is -2.73. The van der Waals surface area contributed by atoms with Crippen molar-refractivity contribution in [2.75, 3.05) is 7.11 Å². The summed E-state index contributed by atoms with van der Waals surface area (Å²) in [5.41, 5.74) is 0.222. The lowest BCUT2D eigenvalue weighted by molar-refractivity contribution is -0.105. The summed E-state index contributed by atoms with van der Waals surface area (Å²) in [5.74, 6) is -2.73. The number of alkyl halides is 2. The van der Waals surface area contributed by atoms with Gasteiger partial charge in [0.15, 0.2) is 0 Å². The second-order valence-corrected chi connectivity index (χ2v) is 2.10. The first kappa shape index (κ1) is 10.2. The van der Waals surface area contributed by atoms with E-state index >= 15 is 0 Å². The van der Waals surface area contributed by atoms with E-state index in [4.69, 9.17) is 5.11 Å². The molecule has 0 saturated carbocycles. The molecule has 0 spiro atoms. The van der Waals surface area contributed by atoms with Crippen LogP contribution in [0.3, 0.4) is 0 Å². The Morgan fingerprint density at radius 2 is 2.18 bits per heavy atom. The molecule has 0 heterocycles. The summed E-state index contributed by atoms with van der Waals surface area (Å²) in [7, 11) is 1.00. The molecule has 0 aromatic rings. The summed E-state index contributed by atoms with van der Waals surface area (Å²) in [6.07, 6.45) is 1.23. The van der Waals surface area contributed by atoms with Gasteiger partial charge >= 0.3 is 0 Å². The van der Waals surface area contributed by atoms with Crippen LogP contribution in [0.1, 0.15) is 12.8 Å². The number of rotatable bonds is 1. The molecule has 0 fully saturated rings. The first-order chi connectivity index (χ1) is 5.14. The van der Waals surface area contributed by atoms with Crippen molar-refractivity contribution in [3.8, 4) is 0 Å². The Hall–Kier alpha value is -0.770. The van der Waals surface area contributed by atoms with Crippen LogP contribution in [0.25, 0.3) is 0 Å². The number of hydrogen-bond donors (Lipinski definition) is 1. The zero-order valence-corrected chi connectivity index (χ0v) is 6.18. The lowest BCUT2D eigenvalue weighted by Crippen LogP contribution is -2.05. The summed E-state index contributed by atoms with van der Waals surface area (Å²) in [6.45, 7) is 0. The van der Waals surface area contributed by atoms with Crippen LogP contribution in [0.15, 0.2) is 11.6 Å². The number of aliphatic hydroxyl groups is 1. The molecule has 0 unspecified atom stereocenters. The van der Waals surface area contributed by atoms with Crippen LogP contribution in [0.5, 0.6) is 0 Å². The molecule has 0 atom stereocenters. The molecule has 0 aliphatic heterocycles. The fourth-order valence-electron chi connectivity index (χ4n) is 0.820. The van der Waals surface area contributed by atoms with Crippen molar-refractivity contribution in [1.29, 1.82) is 0 Å². The maximum Gasteiger partial charge on any atom is 0.267 e. The van der Waals surface area contributed by atoms with Crippen LogP contribution < -0.4 is 0 Å². The molecular weight excluding hydrogens is 154 g/mol. The molecule has 0 aromatic carbocycles. The molecule has 1 aliphatic carbocycles. The van der Waals surface area contributed by atoms with Gasteiger partial charge in [0.2, 0.25) is 0 Å². The third kappa shape index (κ3) is 3.23. The predicted octanol–water partition coefficient (Wildman–Crippen LogP) is 1.15. The second-order valence-electron chi connectivity index (χ2n) is 2.10. The van der Waals surface area contributed by atoms with Crippen molar-refractivity contribution in [2.24, 2.45) is 0 Å². The Bertz CT molecular complexity index is 164. The highest BCUT2D eigenvalue weighted by molar-refractivity contribution is 5.74. The molecule has 2 nitrogen and oxygen atoms in total. The minimum absolute atomic E-state index is 0.207. The van der Waals surface area contributed by atoms with E-state index < -0.39 is 5.92 Å². The molecule has 4 heteroatoms. The smallest absolute Gasteiger partial charge is 0.267 e. The van der Waals surface area contributed by atoms with Crippen molar-refractivity contribution >= 4 is 6.29 Å². The first-order valence-electron chi connectivity index (χ1n) is 3.13. The first-order valence-corrected chi connectivity index (χ1v) is 3.13. The molecule has 1 N–H and O–H groups in total. The molecular formula is C7H10F2O2. The fraction of sp³-hybridized carbons (Fsp3) is 0.571. The lowest BCUT2D eigenvalue weighted by atomic mass is 10.3. The van der Waals surface area contributed by atoms with E-state index in [1.54, 1.807) is 0 Å². The van der Waals surface area contributed by atoms with Crippen LogP contribution in [0.4, 0.5) is 8.78 Å². The van der Waals surface area contributed by atoms with E-state index in [1.807, 2.05) is 0 Å². The highest BCUT2D eigenvalue weighted by Crippen LogP contribution is 2.31. The molecule has 64 valence electrons. The van der Waals surface area contributed by atoms with Crippen molar-refractivity contribution in [1.82, 2.24) is 0 Å². The van der Waals surface area contributed by atoms with Gasteiger partial charge in [-0.05, 0) is 18.1 Å². The maximum absolute atomic E-state index is 12.1.